The van der Waals surface area contributed by atoms with E-state index >= 15 is 0 Å². The molecule has 2 heteroatoms. The molecule has 14 heavy (non-hydrogen) atoms. The molecule has 1 saturated heterocycles. The molecule has 0 bridgehead atoms. The molecular weight excluding hydrogens is 190 g/mol. The van der Waals surface area contributed by atoms with E-state index in [0.717, 1.165) is 5.92 Å². The van der Waals surface area contributed by atoms with Crippen LogP contribution >= 0.6 is 11.8 Å². The van der Waals surface area contributed by atoms with Crippen molar-refractivity contribution in [3.8, 4) is 0 Å². The van der Waals surface area contributed by atoms with Crippen LogP contribution in [0, 0.1) is 5.92 Å². The lowest BCUT2D eigenvalue weighted by Gasteiger charge is -2.24. The summed E-state index contributed by atoms with van der Waals surface area (Å²) < 4.78 is 0. The Balaban J connectivity index is 2.24. The number of nitrogens with zero attached hydrogens (tertiary/aromatic N) is 1. The fraction of sp³-hybridized carbons (Fsp3) is 1.00. The standard InChI is InChI=1S/C12H25NS/c1-3-8-13(4-2)10-12-7-5-6-9-14-11-12/h12H,3-11H2,1-2H3. The lowest BCUT2D eigenvalue weighted by atomic mass is 10.0. The molecule has 0 radical (unpaired) electrons. The second-order valence-corrected chi connectivity index (χ2v) is 5.48. The molecule has 0 aliphatic carbocycles. The van der Waals surface area contributed by atoms with E-state index in [9.17, 15) is 0 Å². The summed E-state index contributed by atoms with van der Waals surface area (Å²) in [6.45, 7) is 8.44. The Bertz CT molecular complexity index is 130. The van der Waals surface area contributed by atoms with Crippen molar-refractivity contribution in [1.29, 1.82) is 0 Å². The topological polar surface area (TPSA) is 3.24 Å². The monoisotopic (exact) mass is 215 g/mol. The fourth-order valence-electron chi connectivity index (χ4n) is 2.17. The molecule has 0 aromatic heterocycles. The summed E-state index contributed by atoms with van der Waals surface area (Å²) >= 11 is 2.17. The predicted octanol–water partition coefficient (Wildman–Crippen LogP) is 3.25. The molecule has 1 rings (SSSR count). The van der Waals surface area contributed by atoms with E-state index in [1.165, 1.54) is 56.8 Å². The molecule has 1 atom stereocenters. The van der Waals surface area contributed by atoms with Gasteiger partial charge in [-0.3, -0.25) is 0 Å². The van der Waals surface area contributed by atoms with Crippen LogP contribution in [0.15, 0.2) is 0 Å². The van der Waals surface area contributed by atoms with Crippen molar-refractivity contribution in [3.05, 3.63) is 0 Å². The molecular formula is C12H25NS. The molecule has 0 amide bonds. The maximum absolute atomic E-state index is 2.62. The highest BCUT2D eigenvalue weighted by Crippen LogP contribution is 2.22. The largest absolute Gasteiger partial charge is 0.303 e. The van der Waals surface area contributed by atoms with Crippen LogP contribution in [0.5, 0.6) is 0 Å². The number of hydrogen-bond acceptors (Lipinski definition) is 2. The second-order valence-electron chi connectivity index (χ2n) is 4.33. The number of thioether (sulfide) groups is 1. The molecule has 1 heterocycles. The van der Waals surface area contributed by atoms with Crippen molar-refractivity contribution in [2.75, 3.05) is 31.1 Å². The van der Waals surface area contributed by atoms with Crippen LogP contribution in [0.4, 0.5) is 0 Å². The van der Waals surface area contributed by atoms with Gasteiger partial charge in [0.1, 0.15) is 0 Å². The molecule has 0 aromatic carbocycles. The second kappa shape index (κ2) is 7.58. The Morgan fingerprint density at radius 2 is 2.14 bits per heavy atom. The van der Waals surface area contributed by atoms with Crippen molar-refractivity contribution in [2.45, 2.75) is 39.5 Å². The molecule has 1 unspecified atom stereocenters. The normalized spacial score (nSPS) is 23.8. The Kier molecular flexibility index (Phi) is 6.70. The zero-order valence-electron chi connectivity index (χ0n) is 9.80. The van der Waals surface area contributed by atoms with Crippen molar-refractivity contribution >= 4 is 11.8 Å². The van der Waals surface area contributed by atoms with Crippen LogP contribution in [0.3, 0.4) is 0 Å². The van der Waals surface area contributed by atoms with Gasteiger partial charge in [0.2, 0.25) is 0 Å². The number of rotatable bonds is 5. The first-order valence-electron chi connectivity index (χ1n) is 6.16. The highest BCUT2D eigenvalue weighted by atomic mass is 32.2. The molecule has 1 aliphatic heterocycles. The first-order valence-corrected chi connectivity index (χ1v) is 7.32. The quantitative estimate of drug-likeness (QED) is 0.692. The predicted molar refractivity (Wildman–Crippen MR) is 67.1 cm³/mol. The minimum absolute atomic E-state index is 0.967. The van der Waals surface area contributed by atoms with E-state index in [1.54, 1.807) is 0 Å². The van der Waals surface area contributed by atoms with Crippen molar-refractivity contribution < 1.29 is 0 Å². The Labute approximate surface area is 93.6 Å². The third-order valence-electron chi connectivity index (χ3n) is 3.01. The van der Waals surface area contributed by atoms with Gasteiger partial charge in [0.05, 0.1) is 0 Å². The van der Waals surface area contributed by atoms with Gasteiger partial charge in [0.25, 0.3) is 0 Å². The highest BCUT2D eigenvalue weighted by Gasteiger charge is 2.15. The molecule has 1 nitrogen and oxygen atoms in total. The van der Waals surface area contributed by atoms with Crippen LogP contribution < -0.4 is 0 Å². The molecule has 1 aliphatic rings. The minimum atomic E-state index is 0.967. The van der Waals surface area contributed by atoms with Gasteiger partial charge in [-0.2, -0.15) is 11.8 Å². The molecule has 1 fully saturated rings. The zero-order valence-corrected chi connectivity index (χ0v) is 10.6. The third-order valence-corrected chi connectivity index (χ3v) is 4.29. The minimum Gasteiger partial charge on any atom is -0.303 e. The summed E-state index contributed by atoms with van der Waals surface area (Å²) in [5, 5.41) is 0. The van der Waals surface area contributed by atoms with Crippen molar-refractivity contribution in [2.24, 2.45) is 5.92 Å². The van der Waals surface area contributed by atoms with Crippen LogP contribution in [0.2, 0.25) is 0 Å². The van der Waals surface area contributed by atoms with Crippen LogP contribution in [-0.4, -0.2) is 36.0 Å². The van der Waals surface area contributed by atoms with Crippen LogP contribution in [0.25, 0.3) is 0 Å². The zero-order chi connectivity index (χ0) is 10.2. The molecule has 0 N–H and O–H groups in total. The number of hydrogen-bond donors (Lipinski definition) is 0. The lowest BCUT2D eigenvalue weighted by molar-refractivity contribution is 0.244. The van der Waals surface area contributed by atoms with Gasteiger partial charge in [-0.1, -0.05) is 20.3 Å². The smallest absolute Gasteiger partial charge is 0.00174 e. The van der Waals surface area contributed by atoms with E-state index in [-0.39, 0.29) is 0 Å². The first kappa shape index (κ1) is 12.4. The maximum Gasteiger partial charge on any atom is 0.00174 e. The van der Waals surface area contributed by atoms with Crippen molar-refractivity contribution in [3.63, 3.8) is 0 Å². The van der Waals surface area contributed by atoms with E-state index in [2.05, 4.69) is 30.5 Å². The first-order chi connectivity index (χ1) is 6.86. The van der Waals surface area contributed by atoms with Crippen molar-refractivity contribution in [1.82, 2.24) is 4.90 Å². The summed E-state index contributed by atoms with van der Waals surface area (Å²) in [5.41, 5.74) is 0. The Morgan fingerprint density at radius 1 is 1.29 bits per heavy atom. The third kappa shape index (κ3) is 4.70. The SMILES string of the molecule is CCCN(CC)CC1CCCCSC1. The average Bonchev–Trinajstić information content (AvgIpc) is 2.45. The van der Waals surface area contributed by atoms with Gasteiger partial charge < -0.3 is 4.90 Å². The van der Waals surface area contributed by atoms with Gasteiger partial charge in [0, 0.05) is 6.54 Å². The van der Waals surface area contributed by atoms with Gasteiger partial charge >= 0.3 is 0 Å². The van der Waals surface area contributed by atoms with E-state index in [1.807, 2.05) is 0 Å². The highest BCUT2D eigenvalue weighted by molar-refractivity contribution is 7.99. The summed E-state index contributed by atoms with van der Waals surface area (Å²) in [6, 6.07) is 0. The lowest BCUT2D eigenvalue weighted by Crippen LogP contribution is -2.31. The molecule has 84 valence electrons. The fourth-order valence-corrected chi connectivity index (χ4v) is 3.35. The summed E-state index contributed by atoms with van der Waals surface area (Å²) in [4.78, 5) is 2.62. The Morgan fingerprint density at radius 3 is 2.86 bits per heavy atom. The van der Waals surface area contributed by atoms with E-state index in [0.29, 0.717) is 0 Å². The van der Waals surface area contributed by atoms with E-state index in [4.69, 9.17) is 0 Å². The molecule has 0 saturated carbocycles. The van der Waals surface area contributed by atoms with Gasteiger partial charge in [-0.05, 0) is 49.8 Å². The van der Waals surface area contributed by atoms with Gasteiger partial charge in [-0.15, -0.1) is 0 Å². The van der Waals surface area contributed by atoms with E-state index < -0.39 is 0 Å². The Hall–Kier alpha value is 0.310. The van der Waals surface area contributed by atoms with Gasteiger partial charge in [-0.25, -0.2) is 0 Å². The maximum atomic E-state index is 2.62. The molecule has 0 spiro atoms. The van der Waals surface area contributed by atoms with Gasteiger partial charge in [0.15, 0.2) is 0 Å². The summed E-state index contributed by atoms with van der Waals surface area (Å²) in [7, 11) is 0. The summed E-state index contributed by atoms with van der Waals surface area (Å²) in [5.74, 6) is 3.77. The molecule has 0 aromatic rings. The average molecular weight is 215 g/mol. The summed E-state index contributed by atoms with van der Waals surface area (Å²) in [6.07, 6.45) is 5.67. The van der Waals surface area contributed by atoms with Crippen LogP contribution in [-0.2, 0) is 0 Å². The van der Waals surface area contributed by atoms with Crippen LogP contribution in [0.1, 0.15) is 39.5 Å².